The standard InChI is InChI=1S/C15H24N2/c1-13-6-8-15(9-7-13)17(2)12-14-5-3-4-10-16-11-14/h3,5,10-11,13,15H,4,6-9,12H2,1-2H3. The third-order valence-corrected chi connectivity index (χ3v) is 3.96. The average Bonchev–Trinajstić information content (AvgIpc) is 2.58. The monoisotopic (exact) mass is 232 g/mol. The van der Waals surface area contributed by atoms with Gasteiger partial charge in [0, 0.05) is 31.4 Å². The van der Waals surface area contributed by atoms with Crippen LogP contribution in [0.1, 0.15) is 39.0 Å². The van der Waals surface area contributed by atoms with Gasteiger partial charge in [0.2, 0.25) is 0 Å². The molecule has 0 bridgehead atoms. The summed E-state index contributed by atoms with van der Waals surface area (Å²) in [6, 6.07) is 0.771. The van der Waals surface area contributed by atoms with Crippen LogP contribution in [-0.2, 0) is 0 Å². The predicted molar refractivity (Wildman–Crippen MR) is 74.4 cm³/mol. The minimum Gasteiger partial charge on any atom is -0.299 e. The van der Waals surface area contributed by atoms with Crippen LogP contribution in [0.2, 0.25) is 0 Å². The van der Waals surface area contributed by atoms with Gasteiger partial charge in [-0.2, -0.15) is 0 Å². The molecule has 1 heterocycles. The number of likely N-dealkylation sites (N-methyl/N-ethyl adjacent to an activating group) is 1. The molecule has 2 rings (SSSR count). The van der Waals surface area contributed by atoms with Gasteiger partial charge >= 0.3 is 0 Å². The maximum Gasteiger partial charge on any atom is 0.0309 e. The molecular weight excluding hydrogens is 208 g/mol. The quantitative estimate of drug-likeness (QED) is 0.728. The topological polar surface area (TPSA) is 15.6 Å². The van der Waals surface area contributed by atoms with Crippen LogP contribution in [0.4, 0.5) is 0 Å². The third kappa shape index (κ3) is 3.81. The highest BCUT2D eigenvalue weighted by molar-refractivity contribution is 5.61. The molecule has 0 aromatic heterocycles. The van der Waals surface area contributed by atoms with E-state index in [4.69, 9.17) is 0 Å². The summed E-state index contributed by atoms with van der Waals surface area (Å²) in [5.74, 6) is 0.932. The number of nitrogens with zero attached hydrogens (tertiary/aromatic N) is 2. The third-order valence-electron chi connectivity index (χ3n) is 3.96. The van der Waals surface area contributed by atoms with E-state index in [2.05, 4.69) is 36.0 Å². The Morgan fingerprint density at radius 2 is 2.06 bits per heavy atom. The molecule has 0 N–H and O–H groups in total. The molecule has 0 radical (unpaired) electrons. The van der Waals surface area contributed by atoms with Crippen molar-refractivity contribution in [3.05, 3.63) is 23.9 Å². The molecule has 94 valence electrons. The van der Waals surface area contributed by atoms with Crippen molar-refractivity contribution in [3.63, 3.8) is 0 Å². The number of hydrogen-bond acceptors (Lipinski definition) is 2. The molecule has 1 aliphatic carbocycles. The van der Waals surface area contributed by atoms with E-state index in [1.54, 1.807) is 0 Å². The summed E-state index contributed by atoms with van der Waals surface area (Å²) < 4.78 is 0. The first kappa shape index (κ1) is 12.6. The summed E-state index contributed by atoms with van der Waals surface area (Å²) in [6.07, 6.45) is 14.8. The van der Waals surface area contributed by atoms with Crippen LogP contribution < -0.4 is 0 Å². The molecule has 17 heavy (non-hydrogen) atoms. The van der Waals surface area contributed by atoms with E-state index in [0.29, 0.717) is 0 Å². The maximum atomic E-state index is 4.29. The smallest absolute Gasteiger partial charge is 0.0309 e. The number of aliphatic imine (C=N–C) groups is 1. The van der Waals surface area contributed by atoms with E-state index < -0.39 is 0 Å². The summed E-state index contributed by atoms with van der Waals surface area (Å²) in [7, 11) is 2.25. The molecule has 1 saturated carbocycles. The lowest BCUT2D eigenvalue weighted by atomic mass is 9.86. The molecule has 0 amide bonds. The summed E-state index contributed by atoms with van der Waals surface area (Å²) in [5.41, 5.74) is 1.33. The van der Waals surface area contributed by atoms with Crippen molar-refractivity contribution in [1.29, 1.82) is 0 Å². The summed E-state index contributed by atoms with van der Waals surface area (Å²) in [6.45, 7) is 3.41. The molecule has 2 nitrogen and oxygen atoms in total. The van der Waals surface area contributed by atoms with E-state index in [9.17, 15) is 0 Å². The molecule has 0 unspecified atom stereocenters. The van der Waals surface area contributed by atoms with Gasteiger partial charge < -0.3 is 0 Å². The van der Waals surface area contributed by atoms with Gasteiger partial charge in [0.25, 0.3) is 0 Å². The summed E-state index contributed by atoms with van der Waals surface area (Å²) >= 11 is 0. The molecule has 2 heteroatoms. The highest BCUT2D eigenvalue weighted by atomic mass is 15.1. The summed E-state index contributed by atoms with van der Waals surface area (Å²) in [5, 5.41) is 0. The Morgan fingerprint density at radius 1 is 1.29 bits per heavy atom. The Kier molecular flexibility index (Phi) is 4.55. The van der Waals surface area contributed by atoms with Gasteiger partial charge in [0.1, 0.15) is 0 Å². The molecule has 0 atom stereocenters. The molecule has 1 aliphatic heterocycles. The van der Waals surface area contributed by atoms with Crippen molar-refractivity contribution in [3.8, 4) is 0 Å². The molecule has 0 saturated heterocycles. The van der Waals surface area contributed by atoms with Gasteiger partial charge in [0.05, 0.1) is 0 Å². The van der Waals surface area contributed by atoms with E-state index in [-0.39, 0.29) is 0 Å². The van der Waals surface area contributed by atoms with Crippen molar-refractivity contribution in [2.45, 2.75) is 45.1 Å². The zero-order valence-electron chi connectivity index (χ0n) is 11.1. The van der Waals surface area contributed by atoms with Crippen molar-refractivity contribution in [2.24, 2.45) is 10.9 Å². The highest BCUT2D eigenvalue weighted by Crippen LogP contribution is 2.26. The zero-order valence-corrected chi connectivity index (χ0v) is 11.1. The predicted octanol–water partition coefficient (Wildman–Crippen LogP) is 3.41. The minimum absolute atomic E-state index is 0.771. The Hall–Kier alpha value is -0.890. The van der Waals surface area contributed by atoms with Gasteiger partial charge in [-0.05, 0) is 44.2 Å². The minimum atomic E-state index is 0.771. The van der Waals surface area contributed by atoms with Gasteiger partial charge in [-0.15, -0.1) is 0 Å². The van der Waals surface area contributed by atoms with Crippen LogP contribution >= 0.6 is 0 Å². The van der Waals surface area contributed by atoms with Gasteiger partial charge in [0.15, 0.2) is 0 Å². The number of hydrogen-bond donors (Lipinski definition) is 0. The Bertz CT molecular complexity index is 320. The van der Waals surface area contributed by atoms with Crippen molar-refractivity contribution in [2.75, 3.05) is 13.6 Å². The average molecular weight is 232 g/mol. The fraction of sp³-hybridized carbons (Fsp3) is 0.667. The van der Waals surface area contributed by atoms with Gasteiger partial charge in [-0.3, -0.25) is 9.89 Å². The Balaban J connectivity index is 1.86. The van der Waals surface area contributed by atoms with Crippen molar-refractivity contribution in [1.82, 2.24) is 4.90 Å². The van der Waals surface area contributed by atoms with Crippen LogP contribution in [-0.4, -0.2) is 30.7 Å². The molecule has 0 spiro atoms. The first-order chi connectivity index (χ1) is 8.25. The Labute approximate surface area is 105 Å². The molecule has 0 aromatic rings. The van der Waals surface area contributed by atoms with Crippen LogP contribution in [0, 0.1) is 5.92 Å². The van der Waals surface area contributed by atoms with Crippen LogP contribution in [0.15, 0.2) is 28.9 Å². The fourth-order valence-electron chi connectivity index (χ4n) is 2.73. The number of allylic oxidation sites excluding steroid dienone is 1. The molecule has 1 fully saturated rings. The van der Waals surface area contributed by atoms with Gasteiger partial charge in [-0.1, -0.05) is 19.1 Å². The second-order valence-corrected chi connectivity index (χ2v) is 5.50. The molecular formula is C15H24N2. The second kappa shape index (κ2) is 6.15. The fourth-order valence-corrected chi connectivity index (χ4v) is 2.73. The van der Waals surface area contributed by atoms with Crippen molar-refractivity contribution < 1.29 is 0 Å². The maximum absolute atomic E-state index is 4.29. The zero-order chi connectivity index (χ0) is 12.1. The van der Waals surface area contributed by atoms with Crippen LogP contribution in [0.5, 0.6) is 0 Å². The second-order valence-electron chi connectivity index (χ2n) is 5.50. The first-order valence-electron chi connectivity index (χ1n) is 6.83. The van der Waals surface area contributed by atoms with E-state index in [0.717, 1.165) is 24.9 Å². The summed E-state index contributed by atoms with van der Waals surface area (Å²) in [4.78, 5) is 6.79. The molecule has 0 aromatic carbocycles. The lowest BCUT2D eigenvalue weighted by Crippen LogP contribution is -2.35. The Morgan fingerprint density at radius 3 is 2.82 bits per heavy atom. The van der Waals surface area contributed by atoms with Crippen LogP contribution in [0.3, 0.4) is 0 Å². The van der Waals surface area contributed by atoms with E-state index in [1.807, 2.05) is 12.4 Å². The van der Waals surface area contributed by atoms with Crippen LogP contribution in [0.25, 0.3) is 0 Å². The SMILES string of the molecule is CC1CCC(N(C)CC2=CN=CCC=C2)CC1. The number of rotatable bonds is 3. The normalized spacial score (nSPS) is 29.2. The lowest BCUT2D eigenvalue weighted by Gasteiger charge is -2.33. The van der Waals surface area contributed by atoms with E-state index >= 15 is 0 Å². The first-order valence-corrected chi connectivity index (χ1v) is 6.83. The molecule has 2 aliphatic rings. The highest BCUT2D eigenvalue weighted by Gasteiger charge is 2.21. The lowest BCUT2D eigenvalue weighted by molar-refractivity contribution is 0.182. The van der Waals surface area contributed by atoms with E-state index in [1.165, 1.54) is 31.3 Å². The van der Waals surface area contributed by atoms with Crippen molar-refractivity contribution >= 4 is 6.21 Å². The van der Waals surface area contributed by atoms with Gasteiger partial charge in [-0.25, -0.2) is 0 Å². The largest absolute Gasteiger partial charge is 0.299 e.